The molecule has 0 bridgehead atoms. The summed E-state index contributed by atoms with van der Waals surface area (Å²) >= 11 is 1.08. The van der Waals surface area contributed by atoms with E-state index in [1.54, 1.807) is 27.9 Å². The van der Waals surface area contributed by atoms with E-state index >= 15 is 0 Å². The molecule has 15 heteroatoms. The summed E-state index contributed by atoms with van der Waals surface area (Å²) in [6.07, 6.45) is 0.386. The molecular formula is C26H27F2N7O5S. The molecule has 0 aliphatic carbocycles. The van der Waals surface area contributed by atoms with Crippen molar-refractivity contribution in [2.45, 2.75) is 12.6 Å². The van der Waals surface area contributed by atoms with Gasteiger partial charge in [-0.3, -0.25) is 14.3 Å². The average molecular weight is 588 g/mol. The molecule has 1 fully saturated rings. The highest BCUT2D eigenvalue weighted by molar-refractivity contribution is 7.17. The number of halogens is 2. The third-order valence-corrected chi connectivity index (χ3v) is 8.01. The van der Waals surface area contributed by atoms with E-state index in [1.165, 1.54) is 10.6 Å². The number of furan rings is 1. The van der Waals surface area contributed by atoms with Crippen molar-refractivity contribution in [2.75, 3.05) is 56.6 Å². The number of hydrogen-bond acceptors (Lipinski definition) is 11. The summed E-state index contributed by atoms with van der Waals surface area (Å²) in [6.45, 7) is 2.20. The van der Waals surface area contributed by atoms with E-state index in [1.807, 2.05) is 6.07 Å². The maximum Gasteiger partial charge on any atom is 0.309 e. The van der Waals surface area contributed by atoms with Crippen molar-refractivity contribution in [3.05, 3.63) is 57.9 Å². The van der Waals surface area contributed by atoms with Gasteiger partial charge in [0.05, 0.1) is 24.1 Å². The van der Waals surface area contributed by atoms with Crippen LogP contribution in [0.1, 0.15) is 0 Å². The standard InChI is InChI=1S/C26H27F2N7O5S/c27-16-10-17(28)22(40-14-15(37)13-36)12-19(16)33-6-3-32(4-7-33)5-8-34-24-23(41-26(34)38)20-11-18(21-2-1-9-39-21)31-35(20)25(29)30-24/h1-2,9-12,15,36-37H,3-8,13-14H2,(H2,29,30)/t15-/m0/s1. The van der Waals surface area contributed by atoms with Gasteiger partial charge in [-0.05, 0) is 18.2 Å². The normalized spacial score (nSPS) is 15.3. The Morgan fingerprint density at radius 3 is 2.68 bits per heavy atom. The lowest BCUT2D eigenvalue weighted by atomic mass is 10.2. The van der Waals surface area contributed by atoms with Crippen molar-refractivity contribution in [1.82, 2.24) is 24.1 Å². The van der Waals surface area contributed by atoms with E-state index in [-0.39, 0.29) is 28.9 Å². The Hall–Kier alpha value is -4.05. The molecular weight excluding hydrogens is 560 g/mol. The molecule has 0 unspecified atom stereocenters. The van der Waals surface area contributed by atoms with Gasteiger partial charge in [0, 0.05) is 51.4 Å². The van der Waals surface area contributed by atoms with Gasteiger partial charge < -0.3 is 30.0 Å². The van der Waals surface area contributed by atoms with Crippen LogP contribution in [-0.2, 0) is 6.54 Å². The van der Waals surface area contributed by atoms with Crippen LogP contribution in [0, 0.1) is 11.6 Å². The molecule has 6 rings (SSSR count). The lowest BCUT2D eigenvalue weighted by Crippen LogP contribution is -2.47. The number of nitrogens with two attached hydrogens (primary N) is 1. The first kappa shape index (κ1) is 27.1. The Labute approximate surface area is 235 Å². The van der Waals surface area contributed by atoms with Crippen LogP contribution in [-0.4, -0.2) is 86.3 Å². The SMILES string of the molecule is Nc1nc2c(sc(=O)n2CCN2CCN(c3cc(OC[C@@H](O)CO)c(F)cc3F)CC2)c2cc(-c3ccco3)nn12. The second kappa shape index (κ2) is 11.1. The summed E-state index contributed by atoms with van der Waals surface area (Å²) in [5, 5.41) is 22.9. The lowest BCUT2D eigenvalue weighted by molar-refractivity contribution is 0.0523. The number of aliphatic hydroxyl groups excluding tert-OH is 2. The van der Waals surface area contributed by atoms with Gasteiger partial charge in [-0.15, -0.1) is 0 Å². The van der Waals surface area contributed by atoms with Crippen molar-refractivity contribution >= 4 is 38.8 Å². The Kier molecular flexibility index (Phi) is 7.33. The summed E-state index contributed by atoms with van der Waals surface area (Å²) < 4.78 is 43.3. The number of nitrogen functional groups attached to an aromatic ring is 1. The molecule has 4 N–H and O–H groups in total. The molecule has 4 aromatic heterocycles. The number of thiazole rings is 1. The monoisotopic (exact) mass is 587 g/mol. The Bertz CT molecular complexity index is 1740. The van der Waals surface area contributed by atoms with Crippen molar-refractivity contribution < 1.29 is 28.1 Å². The molecule has 1 aliphatic heterocycles. The maximum atomic E-state index is 14.6. The summed E-state index contributed by atoms with van der Waals surface area (Å²) in [4.78, 5) is 21.2. The van der Waals surface area contributed by atoms with Gasteiger partial charge in [-0.25, -0.2) is 8.78 Å². The van der Waals surface area contributed by atoms with Crippen molar-refractivity contribution in [1.29, 1.82) is 0 Å². The molecule has 0 radical (unpaired) electrons. The lowest BCUT2D eigenvalue weighted by Gasteiger charge is -2.36. The van der Waals surface area contributed by atoms with E-state index in [0.717, 1.165) is 17.4 Å². The summed E-state index contributed by atoms with van der Waals surface area (Å²) in [5.74, 6) is -1.07. The molecule has 0 amide bonds. The first-order valence-electron chi connectivity index (χ1n) is 12.9. The molecule has 0 saturated carbocycles. The Morgan fingerprint density at radius 2 is 1.95 bits per heavy atom. The van der Waals surface area contributed by atoms with Gasteiger partial charge in [0.25, 0.3) is 0 Å². The fraction of sp³-hybridized carbons (Fsp3) is 0.346. The third-order valence-electron chi connectivity index (χ3n) is 7.02. The Morgan fingerprint density at radius 1 is 1.15 bits per heavy atom. The van der Waals surface area contributed by atoms with Crippen molar-refractivity contribution in [3.63, 3.8) is 0 Å². The molecule has 1 aliphatic rings. The molecule has 1 aromatic carbocycles. The zero-order valence-corrected chi connectivity index (χ0v) is 22.6. The number of piperazine rings is 1. The molecule has 41 heavy (non-hydrogen) atoms. The summed E-state index contributed by atoms with van der Waals surface area (Å²) in [5.41, 5.74) is 8.13. The highest BCUT2D eigenvalue weighted by Crippen LogP contribution is 2.30. The minimum absolute atomic E-state index is 0.154. The number of anilines is 2. The third kappa shape index (κ3) is 5.24. The highest BCUT2D eigenvalue weighted by atomic mass is 32.1. The molecule has 1 saturated heterocycles. The predicted molar refractivity (Wildman–Crippen MR) is 148 cm³/mol. The van der Waals surface area contributed by atoms with Gasteiger partial charge >= 0.3 is 4.87 Å². The maximum absolute atomic E-state index is 14.6. The highest BCUT2D eigenvalue weighted by Gasteiger charge is 2.23. The molecule has 1 atom stereocenters. The van der Waals surface area contributed by atoms with Crippen LogP contribution >= 0.6 is 11.3 Å². The van der Waals surface area contributed by atoms with E-state index in [9.17, 15) is 18.7 Å². The zero-order chi connectivity index (χ0) is 28.7. The van der Waals surface area contributed by atoms with E-state index in [2.05, 4.69) is 15.0 Å². The molecule has 0 spiro atoms. The van der Waals surface area contributed by atoms with Crippen LogP contribution in [0.4, 0.5) is 20.4 Å². The van der Waals surface area contributed by atoms with Crippen molar-refractivity contribution in [3.8, 4) is 17.2 Å². The molecule has 12 nitrogen and oxygen atoms in total. The first-order valence-corrected chi connectivity index (χ1v) is 13.7. The number of aromatic nitrogens is 4. The topological polar surface area (TPSA) is 148 Å². The smallest absolute Gasteiger partial charge is 0.309 e. The number of aliphatic hydroxyl groups is 2. The van der Waals surface area contributed by atoms with Crippen LogP contribution < -0.4 is 20.2 Å². The largest absolute Gasteiger partial charge is 0.488 e. The summed E-state index contributed by atoms with van der Waals surface area (Å²) in [7, 11) is 0. The summed E-state index contributed by atoms with van der Waals surface area (Å²) in [6, 6.07) is 7.40. The fourth-order valence-corrected chi connectivity index (χ4v) is 5.81. The van der Waals surface area contributed by atoms with E-state index in [0.29, 0.717) is 66.6 Å². The number of nitrogens with zero attached hydrogens (tertiary/aromatic N) is 6. The fourth-order valence-electron chi connectivity index (χ4n) is 4.85. The minimum Gasteiger partial charge on any atom is -0.488 e. The number of ether oxygens (including phenoxy) is 1. The van der Waals surface area contributed by atoms with Gasteiger partial charge in [0.15, 0.2) is 23.0 Å². The van der Waals surface area contributed by atoms with Crippen LogP contribution in [0.2, 0.25) is 0 Å². The van der Waals surface area contributed by atoms with E-state index in [4.69, 9.17) is 20.0 Å². The average Bonchev–Trinajstić information content (AvgIpc) is 3.71. The zero-order valence-electron chi connectivity index (χ0n) is 21.7. The first-order chi connectivity index (χ1) is 19.8. The molecule has 5 aromatic rings. The Balaban J connectivity index is 1.14. The van der Waals surface area contributed by atoms with Crippen LogP contribution in [0.15, 0.2) is 45.8 Å². The number of hydrogen-bond donors (Lipinski definition) is 3. The van der Waals surface area contributed by atoms with Gasteiger partial charge in [0.1, 0.15) is 28.9 Å². The van der Waals surface area contributed by atoms with Gasteiger partial charge in [-0.1, -0.05) is 11.3 Å². The predicted octanol–water partition coefficient (Wildman–Crippen LogP) is 1.78. The second-order valence-electron chi connectivity index (χ2n) is 9.66. The van der Waals surface area contributed by atoms with Crippen molar-refractivity contribution in [2.24, 2.45) is 0 Å². The number of benzene rings is 1. The van der Waals surface area contributed by atoms with Crippen LogP contribution in [0.25, 0.3) is 27.3 Å². The number of fused-ring (bicyclic) bond motifs is 3. The van der Waals surface area contributed by atoms with Gasteiger partial charge in [0.2, 0.25) is 5.95 Å². The van der Waals surface area contributed by atoms with E-state index < -0.39 is 24.3 Å². The quantitative estimate of drug-likeness (QED) is 0.233. The molecule has 5 heterocycles. The number of rotatable bonds is 9. The van der Waals surface area contributed by atoms with Crippen LogP contribution in [0.3, 0.4) is 0 Å². The minimum atomic E-state index is -1.17. The molecule has 216 valence electrons. The van der Waals surface area contributed by atoms with Crippen LogP contribution in [0.5, 0.6) is 5.75 Å². The second-order valence-corrected chi connectivity index (χ2v) is 10.6. The van der Waals surface area contributed by atoms with Gasteiger partial charge in [-0.2, -0.15) is 14.6 Å².